The quantitative estimate of drug-likeness (QED) is 0.519. The minimum absolute atomic E-state index is 0.0545. The van der Waals surface area contributed by atoms with Crippen molar-refractivity contribution in [3.63, 3.8) is 0 Å². The summed E-state index contributed by atoms with van der Waals surface area (Å²) in [5, 5.41) is 2.30. The molecule has 1 heterocycles. The summed E-state index contributed by atoms with van der Waals surface area (Å²) in [5.74, 6) is -0.668. The monoisotopic (exact) mass is 468 g/mol. The zero-order valence-corrected chi connectivity index (χ0v) is 17.9. The van der Waals surface area contributed by atoms with Crippen LogP contribution in [0.2, 0.25) is 0 Å². The van der Waals surface area contributed by atoms with Gasteiger partial charge >= 0.3 is 6.03 Å². The highest BCUT2D eigenvalue weighted by Crippen LogP contribution is 2.28. The molecule has 2 fully saturated rings. The van der Waals surface area contributed by atoms with E-state index in [1.807, 2.05) is 36.4 Å². The minimum Gasteiger partial charge on any atom is -0.488 e. The van der Waals surface area contributed by atoms with Crippen LogP contribution in [0, 0.1) is 0 Å². The summed E-state index contributed by atoms with van der Waals surface area (Å²) in [4.78, 5) is 38.9. The van der Waals surface area contributed by atoms with Crippen molar-refractivity contribution in [1.29, 1.82) is 0 Å². The molecule has 1 aliphatic heterocycles. The number of hydrogen-bond acceptors (Lipinski definition) is 4. The Morgan fingerprint density at radius 3 is 2.47 bits per heavy atom. The molecule has 1 aliphatic carbocycles. The predicted molar refractivity (Wildman–Crippen MR) is 116 cm³/mol. The van der Waals surface area contributed by atoms with E-state index in [1.165, 1.54) is 11.0 Å². The first-order chi connectivity index (χ1) is 14.5. The normalized spacial score (nSPS) is 18.8. The molecular formula is C23H21BrN2O4. The van der Waals surface area contributed by atoms with Crippen molar-refractivity contribution in [3.8, 4) is 5.75 Å². The third kappa shape index (κ3) is 4.31. The van der Waals surface area contributed by atoms with Crippen molar-refractivity contribution in [2.24, 2.45) is 0 Å². The van der Waals surface area contributed by atoms with Crippen LogP contribution in [-0.2, 0) is 16.2 Å². The van der Waals surface area contributed by atoms with Crippen molar-refractivity contribution in [3.05, 3.63) is 69.7 Å². The minimum atomic E-state index is -0.679. The average molecular weight is 469 g/mol. The maximum atomic E-state index is 13.0. The molecule has 1 N–H and O–H groups in total. The number of nitrogens with one attached hydrogen (secondary N) is 1. The second kappa shape index (κ2) is 8.83. The molecule has 6 nitrogen and oxygen atoms in total. The van der Waals surface area contributed by atoms with Crippen LogP contribution in [-0.4, -0.2) is 28.8 Å². The number of amides is 4. The van der Waals surface area contributed by atoms with E-state index in [0.29, 0.717) is 17.9 Å². The molecule has 1 saturated heterocycles. The Bertz CT molecular complexity index is 1010. The van der Waals surface area contributed by atoms with Gasteiger partial charge in [0.15, 0.2) is 0 Å². The number of carbonyl (C=O) groups excluding carboxylic acids is 3. The summed E-state index contributed by atoms with van der Waals surface area (Å²) in [6.07, 6.45) is 4.99. The van der Waals surface area contributed by atoms with E-state index in [9.17, 15) is 14.4 Å². The van der Waals surface area contributed by atoms with Gasteiger partial charge in [-0.2, -0.15) is 0 Å². The highest BCUT2D eigenvalue weighted by Gasteiger charge is 2.40. The average Bonchev–Trinajstić information content (AvgIpc) is 3.25. The number of hydrogen-bond donors (Lipinski definition) is 1. The molecule has 4 rings (SSSR count). The molecule has 2 aromatic rings. The van der Waals surface area contributed by atoms with E-state index in [0.717, 1.165) is 35.7 Å². The highest BCUT2D eigenvalue weighted by atomic mass is 79.9. The lowest BCUT2D eigenvalue weighted by atomic mass is 10.0. The molecule has 0 unspecified atom stereocenters. The predicted octanol–water partition coefficient (Wildman–Crippen LogP) is 4.43. The van der Waals surface area contributed by atoms with Gasteiger partial charge in [-0.1, -0.05) is 59.1 Å². The van der Waals surface area contributed by atoms with E-state index in [-0.39, 0.29) is 11.6 Å². The molecule has 30 heavy (non-hydrogen) atoms. The third-order valence-corrected chi connectivity index (χ3v) is 5.88. The summed E-state index contributed by atoms with van der Waals surface area (Å²) < 4.78 is 6.93. The number of para-hydroxylation sites is 1. The Morgan fingerprint density at radius 1 is 1.03 bits per heavy atom. The Balaban J connectivity index is 1.58. The van der Waals surface area contributed by atoms with Gasteiger partial charge < -0.3 is 4.74 Å². The molecule has 0 radical (unpaired) electrons. The van der Waals surface area contributed by atoms with Gasteiger partial charge in [0.2, 0.25) is 0 Å². The first-order valence-electron chi connectivity index (χ1n) is 9.90. The fraction of sp³-hybridized carbons (Fsp3) is 0.261. The summed E-state index contributed by atoms with van der Waals surface area (Å²) >= 11 is 3.41. The van der Waals surface area contributed by atoms with Crippen LogP contribution in [0.25, 0.3) is 6.08 Å². The smallest absolute Gasteiger partial charge is 0.331 e. The maximum Gasteiger partial charge on any atom is 0.331 e. The second-order valence-corrected chi connectivity index (χ2v) is 8.30. The van der Waals surface area contributed by atoms with Crippen molar-refractivity contribution >= 4 is 39.9 Å². The largest absolute Gasteiger partial charge is 0.488 e. The SMILES string of the molecule is O=C1NC(=O)N(C2CCCC2)C(=O)/C1=C/c1ccccc1OCc1ccc(Br)cc1. The molecule has 2 aliphatic rings. The van der Waals surface area contributed by atoms with E-state index >= 15 is 0 Å². The summed E-state index contributed by atoms with van der Waals surface area (Å²) in [6, 6.07) is 14.2. The van der Waals surface area contributed by atoms with Crippen molar-refractivity contribution in [2.75, 3.05) is 0 Å². The van der Waals surface area contributed by atoms with E-state index < -0.39 is 17.8 Å². The summed E-state index contributed by atoms with van der Waals surface area (Å²) in [6.45, 7) is 0.348. The van der Waals surface area contributed by atoms with Crippen LogP contribution in [0.5, 0.6) is 5.75 Å². The lowest BCUT2D eigenvalue weighted by Crippen LogP contribution is -2.57. The molecule has 4 amide bonds. The zero-order valence-electron chi connectivity index (χ0n) is 16.3. The Labute approximate surface area is 183 Å². The van der Waals surface area contributed by atoms with Crippen LogP contribution in [0.1, 0.15) is 36.8 Å². The standard InChI is InChI=1S/C23H21BrN2O4/c24-17-11-9-15(10-12-17)14-30-20-8-4-1-5-16(20)13-19-21(27)25-23(29)26(22(19)28)18-6-2-3-7-18/h1,4-5,8-13,18H,2-3,6-7,14H2,(H,25,27,29)/b19-13+. The zero-order chi connectivity index (χ0) is 21.1. The third-order valence-electron chi connectivity index (χ3n) is 5.35. The van der Waals surface area contributed by atoms with Crippen molar-refractivity contribution in [1.82, 2.24) is 10.2 Å². The molecule has 2 aromatic carbocycles. The first kappa shape index (κ1) is 20.3. The fourth-order valence-electron chi connectivity index (χ4n) is 3.79. The van der Waals surface area contributed by atoms with E-state index in [2.05, 4.69) is 21.2 Å². The number of rotatable bonds is 5. The fourth-order valence-corrected chi connectivity index (χ4v) is 4.06. The number of carbonyl (C=O) groups is 3. The molecule has 0 bridgehead atoms. The van der Waals surface area contributed by atoms with Crippen LogP contribution < -0.4 is 10.1 Å². The van der Waals surface area contributed by atoms with Crippen LogP contribution >= 0.6 is 15.9 Å². The number of benzene rings is 2. The Morgan fingerprint density at radius 2 is 1.73 bits per heavy atom. The Kier molecular flexibility index (Phi) is 5.99. The van der Waals surface area contributed by atoms with Gasteiger partial charge in [0, 0.05) is 16.1 Å². The van der Waals surface area contributed by atoms with Crippen molar-refractivity contribution in [2.45, 2.75) is 38.3 Å². The highest BCUT2D eigenvalue weighted by molar-refractivity contribution is 9.10. The van der Waals surface area contributed by atoms with Gasteiger partial charge in [0.1, 0.15) is 17.9 Å². The Hall–Kier alpha value is -2.93. The molecule has 154 valence electrons. The van der Waals surface area contributed by atoms with Gasteiger partial charge in [-0.05, 0) is 42.7 Å². The number of barbiturate groups is 1. The van der Waals surface area contributed by atoms with Gasteiger partial charge in [-0.25, -0.2) is 4.79 Å². The summed E-state index contributed by atoms with van der Waals surface area (Å²) in [5.41, 5.74) is 1.54. The van der Waals surface area contributed by atoms with Crippen molar-refractivity contribution < 1.29 is 19.1 Å². The summed E-state index contributed by atoms with van der Waals surface area (Å²) in [7, 11) is 0. The lowest BCUT2D eigenvalue weighted by Gasteiger charge is -2.31. The number of imide groups is 2. The van der Waals surface area contributed by atoms with E-state index in [1.54, 1.807) is 12.1 Å². The second-order valence-electron chi connectivity index (χ2n) is 7.38. The van der Waals surface area contributed by atoms with Gasteiger partial charge in [0.25, 0.3) is 11.8 Å². The number of ether oxygens (including phenoxy) is 1. The number of halogens is 1. The lowest BCUT2D eigenvalue weighted by molar-refractivity contribution is -0.131. The first-order valence-corrected chi connectivity index (χ1v) is 10.7. The van der Waals surface area contributed by atoms with Gasteiger partial charge in [-0.15, -0.1) is 0 Å². The van der Waals surface area contributed by atoms with Crippen LogP contribution in [0.15, 0.2) is 58.6 Å². The van der Waals surface area contributed by atoms with Crippen LogP contribution in [0.3, 0.4) is 0 Å². The molecule has 1 saturated carbocycles. The molecule has 0 aromatic heterocycles. The maximum absolute atomic E-state index is 13.0. The van der Waals surface area contributed by atoms with E-state index in [4.69, 9.17) is 4.74 Å². The van der Waals surface area contributed by atoms with Gasteiger partial charge in [0.05, 0.1) is 0 Å². The topological polar surface area (TPSA) is 75.7 Å². The molecular weight excluding hydrogens is 448 g/mol. The van der Waals surface area contributed by atoms with Crippen LogP contribution in [0.4, 0.5) is 4.79 Å². The molecule has 0 atom stereocenters. The number of nitrogens with zero attached hydrogens (tertiary/aromatic N) is 1. The molecule has 0 spiro atoms. The molecule has 7 heteroatoms. The number of urea groups is 1. The van der Waals surface area contributed by atoms with Gasteiger partial charge in [-0.3, -0.25) is 19.8 Å².